The zero-order chi connectivity index (χ0) is 16.1. The van der Waals surface area contributed by atoms with E-state index in [9.17, 15) is 4.79 Å². The van der Waals surface area contributed by atoms with Gasteiger partial charge in [-0.2, -0.15) is 0 Å². The maximum Gasteiger partial charge on any atom is 0.338 e. The third-order valence-electron chi connectivity index (χ3n) is 5.28. The standard InChI is InChI=1S/C19H27NO3/c1-22-17-9-7-16(8-10-17)19(21)23-14-11-15-5-4-13-20-12-3-2-6-18(15)20/h7-10,15,18H,2-6,11-14H2,1H3/t15-,18?/m1/s1. The van der Waals surface area contributed by atoms with E-state index in [0.29, 0.717) is 18.1 Å². The number of fused-ring (bicyclic) bond motifs is 1. The minimum absolute atomic E-state index is 0.232. The van der Waals surface area contributed by atoms with Crippen molar-refractivity contribution in [1.82, 2.24) is 4.90 Å². The van der Waals surface area contributed by atoms with Gasteiger partial charge in [-0.1, -0.05) is 6.42 Å². The second-order valence-corrected chi connectivity index (χ2v) is 6.65. The summed E-state index contributed by atoms with van der Waals surface area (Å²) < 4.78 is 10.6. The molecule has 1 aromatic rings. The van der Waals surface area contributed by atoms with Crippen LogP contribution in [0.1, 0.15) is 48.9 Å². The van der Waals surface area contributed by atoms with Crippen LogP contribution in [0.5, 0.6) is 5.75 Å². The number of carbonyl (C=O) groups is 1. The van der Waals surface area contributed by atoms with Gasteiger partial charge in [0, 0.05) is 6.04 Å². The minimum atomic E-state index is -0.232. The normalized spacial score (nSPS) is 24.7. The SMILES string of the molecule is COc1ccc(C(=O)OCC[C@H]2CCCN3CCCCC23)cc1. The summed E-state index contributed by atoms with van der Waals surface area (Å²) in [4.78, 5) is 14.8. The van der Waals surface area contributed by atoms with Gasteiger partial charge in [-0.05, 0) is 75.4 Å². The van der Waals surface area contributed by atoms with Crippen LogP contribution in [-0.2, 0) is 4.74 Å². The number of hydrogen-bond acceptors (Lipinski definition) is 4. The van der Waals surface area contributed by atoms with Crippen molar-refractivity contribution in [2.45, 2.75) is 44.6 Å². The summed E-state index contributed by atoms with van der Waals surface area (Å²) in [5.41, 5.74) is 0.591. The number of hydrogen-bond donors (Lipinski definition) is 0. The average Bonchev–Trinajstić information content (AvgIpc) is 2.62. The van der Waals surface area contributed by atoms with E-state index >= 15 is 0 Å². The maximum atomic E-state index is 12.1. The lowest BCUT2D eigenvalue weighted by atomic mass is 9.82. The van der Waals surface area contributed by atoms with E-state index in [1.54, 1.807) is 31.4 Å². The van der Waals surface area contributed by atoms with Gasteiger partial charge >= 0.3 is 5.97 Å². The molecule has 2 aliphatic rings. The first-order chi connectivity index (χ1) is 11.3. The average molecular weight is 317 g/mol. The molecule has 4 nitrogen and oxygen atoms in total. The Labute approximate surface area is 138 Å². The summed E-state index contributed by atoms with van der Waals surface area (Å²) in [6.07, 6.45) is 7.56. The fourth-order valence-electron chi connectivity index (χ4n) is 4.03. The zero-order valence-electron chi connectivity index (χ0n) is 14.0. The molecule has 2 aliphatic heterocycles. The molecule has 0 aliphatic carbocycles. The van der Waals surface area contributed by atoms with Crippen molar-refractivity contribution in [1.29, 1.82) is 0 Å². The molecule has 1 unspecified atom stereocenters. The summed E-state index contributed by atoms with van der Waals surface area (Å²) in [5, 5.41) is 0. The number of methoxy groups -OCH3 is 1. The van der Waals surface area contributed by atoms with E-state index in [-0.39, 0.29) is 5.97 Å². The van der Waals surface area contributed by atoms with E-state index in [0.717, 1.165) is 18.2 Å². The lowest BCUT2D eigenvalue weighted by molar-refractivity contribution is 0.0296. The fraction of sp³-hybridized carbons (Fsp3) is 0.632. The van der Waals surface area contributed by atoms with Crippen LogP contribution in [0.25, 0.3) is 0 Å². The number of piperidine rings is 2. The predicted octanol–water partition coefficient (Wildman–Crippen LogP) is 3.51. The molecular formula is C19H27NO3. The van der Waals surface area contributed by atoms with Crippen molar-refractivity contribution in [3.63, 3.8) is 0 Å². The van der Waals surface area contributed by atoms with E-state index in [1.807, 2.05) is 0 Å². The fourth-order valence-corrected chi connectivity index (χ4v) is 4.03. The second kappa shape index (κ2) is 7.82. The summed E-state index contributed by atoms with van der Waals surface area (Å²) in [6, 6.07) is 7.81. The predicted molar refractivity (Wildman–Crippen MR) is 89.8 cm³/mol. The highest BCUT2D eigenvalue weighted by atomic mass is 16.5. The lowest BCUT2D eigenvalue weighted by Gasteiger charge is -2.44. The molecule has 0 aromatic heterocycles. The van der Waals surface area contributed by atoms with Gasteiger partial charge in [0.15, 0.2) is 0 Å². The number of carbonyl (C=O) groups excluding carboxylic acids is 1. The summed E-state index contributed by atoms with van der Waals surface area (Å²) in [6.45, 7) is 3.04. The van der Waals surface area contributed by atoms with Crippen molar-refractivity contribution in [3.05, 3.63) is 29.8 Å². The highest BCUT2D eigenvalue weighted by Gasteiger charge is 2.32. The summed E-state index contributed by atoms with van der Waals surface area (Å²) in [7, 11) is 1.62. The lowest BCUT2D eigenvalue weighted by Crippen LogP contribution is -2.48. The Morgan fingerprint density at radius 1 is 1.13 bits per heavy atom. The van der Waals surface area contributed by atoms with E-state index < -0.39 is 0 Å². The Kier molecular flexibility index (Phi) is 5.55. The molecule has 0 saturated carbocycles. The van der Waals surface area contributed by atoms with Gasteiger partial charge in [-0.25, -0.2) is 4.79 Å². The van der Waals surface area contributed by atoms with Gasteiger partial charge in [0.25, 0.3) is 0 Å². The Morgan fingerprint density at radius 2 is 1.91 bits per heavy atom. The number of rotatable bonds is 5. The van der Waals surface area contributed by atoms with Crippen LogP contribution < -0.4 is 4.74 Å². The maximum absolute atomic E-state index is 12.1. The molecule has 2 fully saturated rings. The monoisotopic (exact) mass is 317 g/mol. The molecule has 0 spiro atoms. The van der Waals surface area contributed by atoms with Gasteiger partial charge in [0.1, 0.15) is 5.75 Å². The number of ether oxygens (including phenoxy) is 2. The van der Waals surface area contributed by atoms with Crippen LogP contribution in [0.3, 0.4) is 0 Å². The van der Waals surface area contributed by atoms with Crippen molar-refractivity contribution in [2.75, 3.05) is 26.8 Å². The zero-order valence-corrected chi connectivity index (χ0v) is 14.0. The Balaban J connectivity index is 1.47. The van der Waals surface area contributed by atoms with Crippen LogP contribution in [-0.4, -0.2) is 43.7 Å². The molecule has 0 radical (unpaired) electrons. The van der Waals surface area contributed by atoms with Crippen molar-refractivity contribution < 1.29 is 14.3 Å². The van der Waals surface area contributed by atoms with Crippen LogP contribution in [0.15, 0.2) is 24.3 Å². The molecule has 2 saturated heterocycles. The molecule has 2 heterocycles. The smallest absolute Gasteiger partial charge is 0.338 e. The minimum Gasteiger partial charge on any atom is -0.497 e. The van der Waals surface area contributed by atoms with Crippen molar-refractivity contribution in [2.24, 2.45) is 5.92 Å². The molecule has 2 atom stereocenters. The summed E-state index contributed by atoms with van der Waals surface area (Å²) in [5.74, 6) is 1.21. The third-order valence-corrected chi connectivity index (χ3v) is 5.28. The van der Waals surface area contributed by atoms with E-state index in [4.69, 9.17) is 9.47 Å². The molecule has 3 rings (SSSR count). The number of nitrogens with zero attached hydrogens (tertiary/aromatic N) is 1. The molecule has 0 amide bonds. The van der Waals surface area contributed by atoms with Gasteiger partial charge in [0.2, 0.25) is 0 Å². The highest BCUT2D eigenvalue weighted by molar-refractivity contribution is 5.89. The van der Waals surface area contributed by atoms with Crippen molar-refractivity contribution in [3.8, 4) is 5.75 Å². The Hall–Kier alpha value is -1.55. The quantitative estimate of drug-likeness (QED) is 0.779. The topological polar surface area (TPSA) is 38.8 Å². The van der Waals surface area contributed by atoms with Crippen LogP contribution >= 0.6 is 0 Å². The molecular weight excluding hydrogens is 290 g/mol. The molecule has 126 valence electrons. The number of benzene rings is 1. The van der Waals surface area contributed by atoms with Gasteiger partial charge in [-0.15, -0.1) is 0 Å². The molecule has 0 N–H and O–H groups in total. The van der Waals surface area contributed by atoms with Crippen LogP contribution in [0, 0.1) is 5.92 Å². The van der Waals surface area contributed by atoms with Crippen molar-refractivity contribution >= 4 is 5.97 Å². The number of esters is 1. The first kappa shape index (κ1) is 16.3. The molecule has 4 heteroatoms. The van der Waals surface area contributed by atoms with Gasteiger partial charge < -0.3 is 14.4 Å². The Bertz CT molecular complexity index is 512. The first-order valence-electron chi connectivity index (χ1n) is 8.83. The first-order valence-corrected chi connectivity index (χ1v) is 8.83. The van der Waals surface area contributed by atoms with E-state index in [2.05, 4.69) is 4.90 Å². The Morgan fingerprint density at radius 3 is 2.70 bits per heavy atom. The summed E-state index contributed by atoms with van der Waals surface area (Å²) >= 11 is 0. The highest BCUT2D eigenvalue weighted by Crippen LogP contribution is 2.32. The van der Waals surface area contributed by atoms with E-state index in [1.165, 1.54) is 45.2 Å². The van der Waals surface area contributed by atoms with Gasteiger partial charge in [-0.3, -0.25) is 0 Å². The third kappa shape index (κ3) is 4.05. The van der Waals surface area contributed by atoms with Gasteiger partial charge in [0.05, 0.1) is 19.3 Å². The molecule has 23 heavy (non-hydrogen) atoms. The molecule has 0 bridgehead atoms. The van der Waals surface area contributed by atoms with Crippen LogP contribution in [0.4, 0.5) is 0 Å². The molecule has 1 aromatic carbocycles. The second-order valence-electron chi connectivity index (χ2n) is 6.65. The largest absolute Gasteiger partial charge is 0.497 e. The van der Waals surface area contributed by atoms with Crippen LogP contribution in [0.2, 0.25) is 0 Å².